The lowest BCUT2D eigenvalue weighted by molar-refractivity contribution is -0.686. The van der Waals surface area contributed by atoms with Gasteiger partial charge in [0.1, 0.15) is 18.7 Å². The standard InChI is InChI=1S/C19H22N2O2/c1-12-7-17-15(9-19(22)23-18(17)8-13(12)2)10-20-11-16-6-5-14(3)21(16)4/h5-9,20H,10-11H2,1-4H3/p+1. The number of aryl methyl sites for hydroxylation is 3. The minimum atomic E-state index is -0.279. The Labute approximate surface area is 135 Å². The molecule has 0 aliphatic carbocycles. The Morgan fingerprint density at radius 1 is 1.04 bits per heavy atom. The van der Waals surface area contributed by atoms with Gasteiger partial charge in [-0.15, -0.1) is 0 Å². The molecule has 4 heteroatoms. The average Bonchev–Trinajstić information content (AvgIpc) is 2.81. The number of hydrogen-bond donors (Lipinski definition) is 1. The third-order valence-corrected chi connectivity index (χ3v) is 4.64. The lowest BCUT2D eigenvalue weighted by atomic mass is 10.0. The van der Waals surface area contributed by atoms with E-state index < -0.39 is 0 Å². The number of nitrogens with two attached hydrogens (primary N) is 1. The van der Waals surface area contributed by atoms with Gasteiger partial charge >= 0.3 is 5.63 Å². The van der Waals surface area contributed by atoms with Crippen molar-refractivity contribution in [1.82, 2.24) is 4.57 Å². The third-order valence-electron chi connectivity index (χ3n) is 4.64. The molecule has 120 valence electrons. The van der Waals surface area contributed by atoms with E-state index in [4.69, 9.17) is 4.42 Å². The number of nitrogens with zero attached hydrogens (tertiary/aromatic N) is 1. The number of fused-ring (bicyclic) bond motifs is 1. The SMILES string of the molecule is Cc1cc2oc(=O)cc(C[NH2+]Cc3ccc(C)n3C)c2cc1C. The predicted molar refractivity (Wildman–Crippen MR) is 91.4 cm³/mol. The molecule has 3 aromatic rings. The van der Waals surface area contributed by atoms with Crippen LogP contribution in [-0.4, -0.2) is 4.57 Å². The third kappa shape index (κ3) is 3.08. The fourth-order valence-electron chi connectivity index (χ4n) is 2.90. The summed E-state index contributed by atoms with van der Waals surface area (Å²) < 4.78 is 7.55. The van der Waals surface area contributed by atoms with Crippen LogP contribution in [0.4, 0.5) is 0 Å². The highest BCUT2D eigenvalue weighted by molar-refractivity contribution is 5.81. The van der Waals surface area contributed by atoms with Gasteiger partial charge < -0.3 is 14.3 Å². The molecular weight excluding hydrogens is 288 g/mol. The van der Waals surface area contributed by atoms with Gasteiger partial charge in [-0.1, -0.05) is 0 Å². The second kappa shape index (κ2) is 6.05. The number of rotatable bonds is 4. The van der Waals surface area contributed by atoms with Crippen molar-refractivity contribution in [3.05, 3.63) is 68.8 Å². The molecule has 0 fully saturated rings. The number of benzene rings is 1. The molecule has 0 unspecified atom stereocenters. The highest BCUT2D eigenvalue weighted by atomic mass is 16.4. The van der Waals surface area contributed by atoms with Crippen LogP contribution in [0.1, 0.15) is 28.1 Å². The lowest BCUT2D eigenvalue weighted by Crippen LogP contribution is -2.81. The molecule has 0 bridgehead atoms. The van der Waals surface area contributed by atoms with Crippen LogP contribution >= 0.6 is 0 Å². The van der Waals surface area contributed by atoms with E-state index in [1.165, 1.54) is 17.0 Å². The molecule has 2 heterocycles. The number of hydrogen-bond acceptors (Lipinski definition) is 2. The van der Waals surface area contributed by atoms with E-state index in [-0.39, 0.29) is 5.63 Å². The van der Waals surface area contributed by atoms with Crippen molar-refractivity contribution in [1.29, 1.82) is 0 Å². The van der Waals surface area contributed by atoms with E-state index in [0.717, 1.165) is 29.6 Å². The van der Waals surface area contributed by atoms with Gasteiger partial charge in [0.25, 0.3) is 0 Å². The van der Waals surface area contributed by atoms with Crippen LogP contribution in [-0.2, 0) is 20.1 Å². The van der Waals surface area contributed by atoms with Crippen molar-refractivity contribution in [3.63, 3.8) is 0 Å². The normalized spacial score (nSPS) is 11.3. The summed E-state index contributed by atoms with van der Waals surface area (Å²) in [5.41, 5.74) is 6.32. The summed E-state index contributed by atoms with van der Waals surface area (Å²) in [4.78, 5) is 11.8. The van der Waals surface area contributed by atoms with Gasteiger partial charge in [-0.3, -0.25) is 0 Å². The smallest absolute Gasteiger partial charge is 0.336 e. The van der Waals surface area contributed by atoms with Crippen LogP contribution in [0.25, 0.3) is 11.0 Å². The van der Waals surface area contributed by atoms with E-state index in [0.29, 0.717) is 5.58 Å². The highest BCUT2D eigenvalue weighted by Gasteiger charge is 2.10. The minimum absolute atomic E-state index is 0.279. The van der Waals surface area contributed by atoms with Crippen LogP contribution in [0.15, 0.2) is 39.5 Å². The summed E-state index contributed by atoms with van der Waals surface area (Å²) in [5.74, 6) is 0. The molecule has 0 spiro atoms. The average molecular weight is 311 g/mol. The fourth-order valence-corrected chi connectivity index (χ4v) is 2.90. The fraction of sp³-hybridized carbons (Fsp3) is 0.316. The first-order valence-electron chi connectivity index (χ1n) is 7.92. The van der Waals surface area contributed by atoms with Gasteiger partial charge in [0, 0.05) is 29.8 Å². The zero-order valence-electron chi connectivity index (χ0n) is 14.1. The molecule has 2 N–H and O–H groups in total. The maximum Gasteiger partial charge on any atom is 0.336 e. The summed E-state index contributed by atoms with van der Waals surface area (Å²) in [6.45, 7) is 7.86. The molecule has 2 aromatic heterocycles. The first kappa shape index (κ1) is 15.6. The molecule has 0 aliphatic rings. The minimum Gasteiger partial charge on any atom is -0.423 e. The number of aromatic nitrogens is 1. The van der Waals surface area contributed by atoms with E-state index >= 15 is 0 Å². The molecule has 0 saturated heterocycles. The first-order chi connectivity index (χ1) is 11.0. The van der Waals surface area contributed by atoms with Crippen LogP contribution in [0.2, 0.25) is 0 Å². The summed E-state index contributed by atoms with van der Waals surface area (Å²) in [5, 5.41) is 3.25. The van der Waals surface area contributed by atoms with Crippen molar-refractivity contribution >= 4 is 11.0 Å². The summed E-state index contributed by atoms with van der Waals surface area (Å²) >= 11 is 0. The molecule has 0 saturated carbocycles. The number of quaternary nitrogens is 1. The van der Waals surface area contributed by atoms with Crippen molar-refractivity contribution in [2.75, 3.05) is 0 Å². The Balaban J connectivity index is 1.86. The van der Waals surface area contributed by atoms with Crippen LogP contribution in [0.5, 0.6) is 0 Å². The molecular formula is C19H23N2O2+. The summed E-state index contributed by atoms with van der Waals surface area (Å²) in [7, 11) is 2.08. The van der Waals surface area contributed by atoms with Crippen molar-refractivity contribution in [2.45, 2.75) is 33.9 Å². The zero-order valence-corrected chi connectivity index (χ0v) is 14.1. The molecule has 4 nitrogen and oxygen atoms in total. The van der Waals surface area contributed by atoms with Gasteiger partial charge in [-0.2, -0.15) is 0 Å². The topological polar surface area (TPSA) is 51.8 Å². The summed E-state index contributed by atoms with van der Waals surface area (Å²) in [6, 6.07) is 9.96. The van der Waals surface area contributed by atoms with Gasteiger partial charge in [0.05, 0.1) is 5.69 Å². The lowest BCUT2D eigenvalue weighted by Gasteiger charge is -2.08. The molecule has 0 atom stereocenters. The van der Waals surface area contributed by atoms with Crippen molar-refractivity contribution in [2.24, 2.45) is 7.05 Å². The Morgan fingerprint density at radius 3 is 2.48 bits per heavy atom. The Hall–Kier alpha value is -2.33. The van der Waals surface area contributed by atoms with Crippen LogP contribution in [0.3, 0.4) is 0 Å². The van der Waals surface area contributed by atoms with Gasteiger partial charge in [0.2, 0.25) is 0 Å². The highest BCUT2D eigenvalue weighted by Crippen LogP contribution is 2.21. The van der Waals surface area contributed by atoms with E-state index in [1.54, 1.807) is 6.07 Å². The molecule has 3 rings (SSSR count). The molecule has 23 heavy (non-hydrogen) atoms. The molecule has 0 radical (unpaired) electrons. The predicted octanol–water partition coefficient (Wildman–Crippen LogP) is 2.32. The van der Waals surface area contributed by atoms with Crippen LogP contribution < -0.4 is 10.9 Å². The Morgan fingerprint density at radius 2 is 1.78 bits per heavy atom. The molecule has 1 aromatic carbocycles. The van der Waals surface area contributed by atoms with Crippen LogP contribution in [0, 0.1) is 20.8 Å². The second-order valence-electron chi connectivity index (χ2n) is 6.25. The van der Waals surface area contributed by atoms with Gasteiger partial charge in [-0.25, -0.2) is 4.79 Å². The maximum absolute atomic E-state index is 11.8. The maximum atomic E-state index is 11.8. The van der Waals surface area contributed by atoms with E-state index in [9.17, 15) is 4.79 Å². The monoisotopic (exact) mass is 311 g/mol. The zero-order chi connectivity index (χ0) is 16.6. The summed E-state index contributed by atoms with van der Waals surface area (Å²) in [6.07, 6.45) is 0. The first-order valence-corrected chi connectivity index (χ1v) is 7.92. The van der Waals surface area contributed by atoms with Gasteiger partial charge in [0.15, 0.2) is 0 Å². The Kier molecular flexibility index (Phi) is 4.09. The van der Waals surface area contributed by atoms with Gasteiger partial charge in [-0.05, 0) is 56.2 Å². The Bertz CT molecular complexity index is 919. The quantitative estimate of drug-likeness (QED) is 0.752. The van der Waals surface area contributed by atoms with Crippen molar-refractivity contribution in [3.8, 4) is 0 Å². The molecule has 0 aliphatic heterocycles. The van der Waals surface area contributed by atoms with E-state index in [1.807, 2.05) is 13.0 Å². The van der Waals surface area contributed by atoms with Crippen molar-refractivity contribution < 1.29 is 9.73 Å². The molecule has 0 amide bonds. The second-order valence-corrected chi connectivity index (χ2v) is 6.25. The largest absolute Gasteiger partial charge is 0.423 e. The van der Waals surface area contributed by atoms with E-state index in [2.05, 4.69) is 49.0 Å².